The molecule has 1 aromatic carbocycles. The van der Waals surface area contributed by atoms with E-state index in [2.05, 4.69) is 5.32 Å². The second-order valence-electron chi connectivity index (χ2n) is 3.80. The van der Waals surface area contributed by atoms with Crippen molar-refractivity contribution >= 4 is 17.9 Å². The van der Waals surface area contributed by atoms with Crippen molar-refractivity contribution < 1.29 is 15.0 Å². The van der Waals surface area contributed by atoms with Crippen molar-refractivity contribution in [1.29, 1.82) is 0 Å². The summed E-state index contributed by atoms with van der Waals surface area (Å²) >= 11 is 5.78. The fourth-order valence-corrected chi connectivity index (χ4v) is 1.67. The van der Waals surface area contributed by atoms with Gasteiger partial charge in [-0.15, -0.1) is 0 Å². The minimum Gasteiger partial charge on any atom is -0.390 e. The first-order valence-corrected chi connectivity index (χ1v) is 5.73. The van der Waals surface area contributed by atoms with Gasteiger partial charge in [-0.25, -0.2) is 0 Å². The largest absolute Gasteiger partial charge is 0.390 e. The minimum atomic E-state index is -1.01. The average Bonchev–Trinajstić information content (AvgIpc) is 2.35. The van der Waals surface area contributed by atoms with Gasteiger partial charge in [0.1, 0.15) is 6.10 Å². The van der Waals surface area contributed by atoms with Crippen molar-refractivity contribution in [3.63, 3.8) is 0 Å². The molecule has 4 nitrogen and oxygen atoms in total. The highest BCUT2D eigenvalue weighted by Crippen LogP contribution is 2.23. The van der Waals surface area contributed by atoms with Crippen LogP contribution in [-0.4, -0.2) is 36.2 Å². The number of aldehydes is 1. The summed E-state index contributed by atoms with van der Waals surface area (Å²) in [5, 5.41) is 22.8. The van der Waals surface area contributed by atoms with Crippen LogP contribution >= 0.6 is 11.6 Å². The zero-order valence-electron chi connectivity index (χ0n) is 9.56. The van der Waals surface area contributed by atoms with E-state index >= 15 is 0 Å². The molecule has 3 N–H and O–H groups in total. The van der Waals surface area contributed by atoms with Crippen molar-refractivity contribution in [2.75, 3.05) is 13.6 Å². The molecule has 1 rings (SSSR count). The smallest absolute Gasteiger partial charge is 0.151 e. The Morgan fingerprint density at radius 2 is 2.18 bits per heavy atom. The molecule has 0 radical (unpaired) electrons. The summed E-state index contributed by atoms with van der Waals surface area (Å²) < 4.78 is 0. The van der Waals surface area contributed by atoms with Crippen molar-refractivity contribution in [1.82, 2.24) is 5.32 Å². The Kier molecular flexibility index (Phi) is 5.58. The number of carbonyl (C=O) groups is 1. The number of hydrogen-bond acceptors (Lipinski definition) is 4. The van der Waals surface area contributed by atoms with Crippen LogP contribution in [0, 0.1) is 0 Å². The molecule has 0 amide bonds. The van der Waals surface area contributed by atoms with Gasteiger partial charge in [0.2, 0.25) is 0 Å². The van der Waals surface area contributed by atoms with Gasteiger partial charge < -0.3 is 15.5 Å². The zero-order chi connectivity index (χ0) is 12.8. The second kappa shape index (κ2) is 6.71. The molecule has 0 aliphatic rings. The standard InChI is InChI=1S/C12H16ClNO3/c1-14-5-4-11(16)12(17)8-2-3-10(13)9(6-8)7-15/h2-3,6-7,11-12,14,16-17H,4-5H2,1H3. The third-order valence-electron chi connectivity index (χ3n) is 2.54. The number of carbonyl (C=O) groups excluding carboxylic acids is 1. The number of halogens is 1. The molecule has 2 unspecified atom stereocenters. The lowest BCUT2D eigenvalue weighted by atomic mass is 10.0. The van der Waals surface area contributed by atoms with Crippen LogP contribution in [0.15, 0.2) is 18.2 Å². The molecule has 0 heterocycles. The first kappa shape index (κ1) is 14.1. The molecule has 0 bridgehead atoms. The molecule has 0 saturated heterocycles. The summed E-state index contributed by atoms with van der Waals surface area (Å²) in [4.78, 5) is 10.7. The maximum atomic E-state index is 10.7. The van der Waals surface area contributed by atoms with Gasteiger partial charge in [-0.1, -0.05) is 17.7 Å². The molecule has 0 saturated carbocycles. The van der Waals surface area contributed by atoms with E-state index in [4.69, 9.17) is 11.6 Å². The van der Waals surface area contributed by atoms with Gasteiger partial charge in [-0.3, -0.25) is 4.79 Å². The van der Waals surface area contributed by atoms with Crippen molar-refractivity contribution in [2.24, 2.45) is 0 Å². The number of benzene rings is 1. The van der Waals surface area contributed by atoms with Crippen LogP contribution in [0.2, 0.25) is 5.02 Å². The molecular formula is C12H16ClNO3. The van der Waals surface area contributed by atoms with E-state index in [0.717, 1.165) is 0 Å². The van der Waals surface area contributed by atoms with E-state index in [1.807, 2.05) is 0 Å². The molecule has 0 aliphatic heterocycles. The van der Waals surface area contributed by atoms with Crippen molar-refractivity contribution in [3.8, 4) is 0 Å². The lowest BCUT2D eigenvalue weighted by Gasteiger charge is -2.18. The fraction of sp³-hybridized carbons (Fsp3) is 0.417. The molecule has 5 heteroatoms. The minimum absolute atomic E-state index is 0.309. The summed E-state index contributed by atoms with van der Waals surface area (Å²) in [7, 11) is 1.77. The van der Waals surface area contributed by atoms with Crippen LogP contribution in [0.3, 0.4) is 0 Å². The average molecular weight is 258 g/mol. The normalized spacial score (nSPS) is 14.4. The van der Waals surface area contributed by atoms with E-state index in [-0.39, 0.29) is 0 Å². The zero-order valence-corrected chi connectivity index (χ0v) is 10.3. The predicted octanol–water partition coefficient (Wildman–Crippen LogP) is 1.16. The summed E-state index contributed by atoms with van der Waals surface area (Å²) in [6.45, 7) is 0.604. The number of aliphatic hydroxyl groups is 2. The van der Waals surface area contributed by atoms with Crippen molar-refractivity contribution in [3.05, 3.63) is 34.3 Å². The van der Waals surface area contributed by atoms with Crippen LogP contribution in [-0.2, 0) is 0 Å². The summed E-state index contributed by atoms with van der Waals surface area (Å²) in [6.07, 6.45) is -0.836. The van der Waals surface area contributed by atoms with Gasteiger partial charge in [0.15, 0.2) is 6.29 Å². The Labute approximate surface area is 105 Å². The van der Waals surface area contributed by atoms with Crippen LogP contribution in [0.1, 0.15) is 28.4 Å². The third-order valence-corrected chi connectivity index (χ3v) is 2.89. The highest BCUT2D eigenvalue weighted by molar-refractivity contribution is 6.32. The molecule has 0 aromatic heterocycles. The quantitative estimate of drug-likeness (QED) is 0.669. The van der Waals surface area contributed by atoms with Crippen LogP contribution in [0.4, 0.5) is 0 Å². The predicted molar refractivity (Wildman–Crippen MR) is 66.3 cm³/mol. The summed E-state index contributed by atoms with van der Waals surface area (Å²) in [6, 6.07) is 4.62. The van der Waals surface area contributed by atoms with Crippen molar-refractivity contribution in [2.45, 2.75) is 18.6 Å². The van der Waals surface area contributed by atoms with E-state index in [1.165, 1.54) is 12.1 Å². The van der Waals surface area contributed by atoms with Gasteiger partial charge in [0.25, 0.3) is 0 Å². The molecule has 0 fully saturated rings. The highest BCUT2D eigenvalue weighted by Gasteiger charge is 2.18. The first-order chi connectivity index (χ1) is 8.10. The molecule has 1 aromatic rings. The van der Waals surface area contributed by atoms with E-state index in [0.29, 0.717) is 35.4 Å². The lowest BCUT2D eigenvalue weighted by molar-refractivity contribution is 0.0140. The van der Waals surface area contributed by atoms with Crippen LogP contribution < -0.4 is 5.32 Å². The fourth-order valence-electron chi connectivity index (χ4n) is 1.51. The Morgan fingerprint density at radius 1 is 1.47 bits per heavy atom. The topological polar surface area (TPSA) is 69.6 Å². The number of hydrogen-bond donors (Lipinski definition) is 3. The SMILES string of the molecule is CNCCC(O)C(O)c1ccc(Cl)c(C=O)c1. The van der Waals surface area contributed by atoms with Gasteiger partial charge in [0, 0.05) is 5.56 Å². The van der Waals surface area contributed by atoms with Gasteiger partial charge in [0.05, 0.1) is 11.1 Å². The third kappa shape index (κ3) is 3.78. The lowest BCUT2D eigenvalue weighted by Crippen LogP contribution is -2.23. The van der Waals surface area contributed by atoms with Crippen LogP contribution in [0.5, 0.6) is 0 Å². The Morgan fingerprint density at radius 3 is 2.76 bits per heavy atom. The molecule has 2 atom stereocenters. The summed E-state index contributed by atoms with van der Waals surface area (Å²) in [5.41, 5.74) is 0.795. The molecule has 0 aliphatic carbocycles. The number of rotatable bonds is 6. The highest BCUT2D eigenvalue weighted by atomic mass is 35.5. The van der Waals surface area contributed by atoms with Gasteiger partial charge >= 0.3 is 0 Å². The second-order valence-corrected chi connectivity index (χ2v) is 4.21. The van der Waals surface area contributed by atoms with E-state index in [9.17, 15) is 15.0 Å². The Hall–Kier alpha value is -0.940. The molecule has 0 spiro atoms. The van der Waals surface area contributed by atoms with Gasteiger partial charge in [-0.05, 0) is 37.7 Å². The number of aliphatic hydroxyl groups excluding tert-OH is 2. The van der Waals surface area contributed by atoms with E-state index < -0.39 is 12.2 Å². The molecule has 17 heavy (non-hydrogen) atoms. The van der Waals surface area contributed by atoms with Crippen LogP contribution in [0.25, 0.3) is 0 Å². The maximum absolute atomic E-state index is 10.7. The van der Waals surface area contributed by atoms with E-state index in [1.54, 1.807) is 13.1 Å². The summed E-state index contributed by atoms with van der Waals surface area (Å²) in [5.74, 6) is 0. The Balaban J connectivity index is 2.81. The first-order valence-electron chi connectivity index (χ1n) is 5.35. The Bertz CT molecular complexity index is 384. The molecular weight excluding hydrogens is 242 g/mol. The number of nitrogens with one attached hydrogen (secondary N) is 1. The van der Waals surface area contributed by atoms with Gasteiger partial charge in [-0.2, -0.15) is 0 Å². The maximum Gasteiger partial charge on any atom is 0.151 e. The molecule has 94 valence electrons. The monoisotopic (exact) mass is 257 g/mol.